The lowest BCUT2D eigenvalue weighted by Gasteiger charge is -2.19. The zero-order valence-corrected chi connectivity index (χ0v) is 14.5. The molecule has 0 aliphatic heterocycles. The molecule has 1 aromatic heterocycles. The zero-order valence-electron chi connectivity index (χ0n) is 14.5. The van der Waals surface area contributed by atoms with Crippen molar-refractivity contribution < 1.29 is 14.6 Å². The Morgan fingerprint density at radius 3 is 2.45 bits per heavy atom. The smallest absolute Gasteiger partial charge is 0.0836 e. The van der Waals surface area contributed by atoms with Crippen molar-refractivity contribution in [1.29, 1.82) is 0 Å². The van der Waals surface area contributed by atoms with Crippen LogP contribution >= 0.6 is 0 Å². The second-order valence-electron chi connectivity index (χ2n) is 5.66. The summed E-state index contributed by atoms with van der Waals surface area (Å²) < 4.78 is 11.0. The molecule has 0 radical (unpaired) electrons. The van der Waals surface area contributed by atoms with Crippen LogP contribution in [0.5, 0.6) is 0 Å². The molecule has 1 N–H and O–H groups in total. The highest BCUT2D eigenvalue weighted by Gasteiger charge is 2.15. The predicted octanol–water partition coefficient (Wildman–Crippen LogP) is 3.46. The Morgan fingerprint density at radius 2 is 1.91 bits per heavy atom. The molecule has 0 saturated heterocycles. The van der Waals surface area contributed by atoms with Gasteiger partial charge < -0.3 is 14.6 Å². The fourth-order valence-electron chi connectivity index (χ4n) is 2.74. The van der Waals surface area contributed by atoms with Gasteiger partial charge in [0.25, 0.3) is 0 Å². The SMILES string of the molecule is CCC(Cc1cc(CCCCO)c(C(CC)OC)cn1)OC. The van der Waals surface area contributed by atoms with Crippen LogP contribution in [0.2, 0.25) is 0 Å². The largest absolute Gasteiger partial charge is 0.396 e. The Bertz CT molecular complexity index is 415. The molecule has 0 aliphatic rings. The van der Waals surface area contributed by atoms with Crippen LogP contribution in [0.25, 0.3) is 0 Å². The molecule has 22 heavy (non-hydrogen) atoms. The van der Waals surface area contributed by atoms with Gasteiger partial charge in [-0.05, 0) is 43.7 Å². The number of aryl methyl sites for hydroxylation is 1. The van der Waals surface area contributed by atoms with Crippen LogP contribution in [0.4, 0.5) is 0 Å². The summed E-state index contributed by atoms with van der Waals surface area (Å²) in [5.74, 6) is 0. The molecule has 0 spiro atoms. The van der Waals surface area contributed by atoms with Gasteiger partial charge in [0.2, 0.25) is 0 Å². The molecular formula is C18H31NO3. The highest BCUT2D eigenvalue weighted by molar-refractivity contribution is 5.29. The molecule has 0 fully saturated rings. The Kier molecular flexibility index (Phi) is 9.28. The number of aliphatic hydroxyl groups excluding tert-OH is 1. The average molecular weight is 309 g/mol. The van der Waals surface area contributed by atoms with Gasteiger partial charge in [0, 0.05) is 44.7 Å². The highest BCUT2D eigenvalue weighted by Crippen LogP contribution is 2.25. The van der Waals surface area contributed by atoms with Gasteiger partial charge in [-0.25, -0.2) is 0 Å². The molecule has 1 aromatic rings. The first-order valence-electron chi connectivity index (χ1n) is 8.34. The lowest BCUT2D eigenvalue weighted by atomic mass is 9.96. The van der Waals surface area contributed by atoms with Gasteiger partial charge in [-0.15, -0.1) is 0 Å². The molecular weight excluding hydrogens is 278 g/mol. The van der Waals surface area contributed by atoms with Gasteiger partial charge in [-0.3, -0.25) is 4.98 Å². The molecule has 4 nitrogen and oxygen atoms in total. The summed E-state index contributed by atoms with van der Waals surface area (Å²) in [5.41, 5.74) is 3.54. The van der Waals surface area contributed by atoms with Gasteiger partial charge in [-0.1, -0.05) is 13.8 Å². The summed E-state index contributed by atoms with van der Waals surface area (Å²) in [5, 5.41) is 9.00. The van der Waals surface area contributed by atoms with E-state index in [0.29, 0.717) is 0 Å². The molecule has 2 atom stereocenters. The first kappa shape index (κ1) is 19.1. The maximum atomic E-state index is 9.00. The summed E-state index contributed by atoms with van der Waals surface area (Å²) in [4.78, 5) is 4.61. The van der Waals surface area contributed by atoms with Crippen LogP contribution in [-0.4, -0.2) is 37.0 Å². The number of aromatic nitrogens is 1. The molecule has 0 amide bonds. The number of rotatable bonds is 11. The lowest BCUT2D eigenvalue weighted by Crippen LogP contribution is -2.14. The minimum atomic E-state index is 0.0927. The number of methoxy groups -OCH3 is 2. The van der Waals surface area contributed by atoms with Crippen molar-refractivity contribution in [3.05, 3.63) is 29.1 Å². The van der Waals surface area contributed by atoms with Crippen molar-refractivity contribution in [2.24, 2.45) is 0 Å². The van der Waals surface area contributed by atoms with Crippen molar-refractivity contribution in [2.75, 3.05) is 20.8 Å². The monoisotopic (exact) mass is 309 g/mol. The van der Waals surface area contributed by atoms with Crippen molar-refractivity contribution in [1.82, 2.24) is 4.98 Å². The standard InChI is InChI=1S/C18H31NO3/c1-5-16(21-3)12-15-11-14(9-7-8-10-20)17(13-19-15)18(6-2)22-4/h11,13,16,18,20H,5-10,12H2,1-4H3. The van der Waals surface area contributed by atoms with Crippen LogP contribution in [0, 0.1) is 0 Å². The van der Waals surface area contributed by atoms with Crippen LogP contribution in [-0.2, 0) is 22.3 Å². The van der Waals surface area contributed by atoms with E-state index in [-0.39, 0.29) is 18.8 Å². The molecule has 0 aromatic carbocycles. The van der Waals surface area contributed by atoms with E-state index in [1.165, 1.54) is 11.1 Å². The predicted molar refractivity (Wildman–Crippen MR) is 89.1 cm³/mol. The summed E-state index contributed by atoms with van der Waals surface area (Å²) in [7, 11) is 3.50. The van der Waals surface area contributed by atoms with E-state index < -0.39 is 0 Å². The van der Waals surface area contributed by atoms with E-state index in [1.807, 2.05) is 6.20 Å². The van der Waals surface area contributed by atoms with Crippen LogP contribution < -0.4 is 0 Å². The number of pyridine rings is 1. The van der Waals surface area contributed by atoms with Crippen LogP contribution in [0.15, 0.2) is 12.3 Å². The number of hydrogen-bond acceptors (Lipinski definition) is 4. The zero-order chi connectivity index (χ0) is 16.4. The molecule has 4 heteroatoms. The highest BCUT2D eigenvalue weighted by atomic mass is 16.5. The van der Waals surface area contributed by atoms with Crippen molar-refractivity contribution in [2.45, 2.75) is 64.6 Å². The molecule has 0 aliphatic carbocycles. The van der Waals surface area contributed by atoms with Crippen molar-refractivity contribution >= 4 is 0 Å². The Morgan fingerprint density at radius 1 is 1.14 bits per heavy atom. The number of unbranched alkanes of at least 4 members (excludes halogenated alkanes) is 1. The van der Waals surface area contributed by atoms with Gasteiger partial charge >= 0.3 is 0 Å². The fraction of sp³-hybridized carbons (Fsp3) is 0.722. The maximum absolute atomic E-state index is 9.00. The number of aliphatic hydroxyl groups is 1. The van der Waals surface area contributed by atoms with Crippen LogP contribution in [0.3, 0.4) is 0 Å². The van der Waals surface area contributed by atoms with Gasteiger partial charge in [0.1, 0.15) is 0 Å². The topological polar surface area (TPSA) is 51.6 Å². The van der Waals surface area contributed by atoms with E-state index in [9.17, 15) is 0 Å². The molecule has 126 valence electrons. The second kappa shape index (κ2) is 10.7. The van der Waals surface area contributed by atoms with Gasteiger partial charge in [0.05, 0.1) is 12.2 Å². The average Bonchev–Trinajstić information content (AvgIpc) is 2.55. The molecule has 0 saturated carbocycles. The third kappa shape index (κ3) is 5.67. The normalized spacial score (nSPS) is 14.0. The summed E-state index contributed by atoms with van der Waals surface area (Å²) in [6.45, 7) is 4.50. The Hall–Kier alpha value is -0.970. The Labute approximate surface area is 134 Å². The first-order chi connectivity index (χ1) is 10.7. The van der Waals surface area contributed by atoms with E-state index in [2.05, 4.69) is 24.9 Å². The quantitative estimate of drug-likeness (QED) is 0.636. The number of nitrogens with zero attached hydrogens (tertiary/aromatic N) is 1. The van der Waals surface area contributed by atoms with Crippen molar-refractivity contribution in [3.8, 4) is 0 Å². The number of ether oxygens (including phenoxy) is 2. The lowest BCUT2D eigenvalue weighted by molar-refractivity contribution is 0.0971. The van der Waals surface area contributed by atoms with E-state index in [0.717, 1.165) is 44.2 Å². The first-order valence-corrected chi connectivity index (χ1v) is 8.34. The number of hydrogen-bond donors (Lipinski definition) is 1. The third-order valence-electron chi connectivity index (χ3n) is 4.16. The van der Waals surface area contributed by atoms with Gasteiger partial charge in [-0.2, -0.15) is 0 Å². The maximum Gasteiger partial charge on any atom is 0.0836 e. The third-order valence-corrected chi connectivity index (χ3v) is 4.16. The van der Waals surface area contributed by atoms with Gasteiger partial charge in [0.15, 0.2) is 0 Å². The van der Waals surface area contributed by atoms with E-state index >= 15 is 0 Å². The second-order valence-corrected chi connectivity index (χ2v) is 5.66. The molecule has 1 rings (SSSR count). The molecule has 2 unspecified atom stereocenters. The van der Waals surface area contributed by atoms with Crippen molar-refractivity contribution in [3.63, 3.8) is 0 Å². The molecule has 0 bridgehead atoms. The summed E-state index contributed by atoms with van der Waals surface area (Å²) in [6, 6.07) is 2.19. The minimum absolute atomic E-state index is 0.0927. The van der Waals surface area contributed by atoms with E-state index in [4.69, 9.17) is 14.6 Å². The van der Waals surface area contributed by atoms with Crippen LogP contribution in [0.1, 0.15) is 62.5 Å². The summed E-state index contributed by atoms with van der Waals surface area (Å²) >= 11 is 0. The Balaban J connectivity index is 2.96. The fourth-order valence-corrected chi connectivity index (χ4v) is 2.74. The van der Waals surface area contributed by atoms with E-state index in [1.54, 1.807) is 14.2 Å². The minimum Gasteiger partial charge on any atom is -0.396 e. The molecule has 1 heterocycles. The summed E-state index contributed by atoms with van der Waals surface area (Å²) in [6.07, 6.45) is 7.78.